The summed E-state index contributed by atoms with van der Waals surface area (Å²) >= 11 is 0. The van der Waals surface area contributed by atoms with Gasteiger partial charge >= 0.3 is 0 Å². The Morgan fingerprint density at radius 1 is 1.02 bits per heavy atom. The molecule has 0 aliphatic carbocycles. The van der Waals surface area contributed by atoms with Crippen LogP contribution in [0.4, 0.5) is 20.4 Å². The third-order valence-corrected chi connectivity index (χ3v) is 7.76. The van der Waals surface area contributed by atoms with Gasteiger partial charge in [-0.05, 0) is 75.1 Å². The first kappa shape index (κ1) is 30.2. The van der Waals surface area contributed by atoms with Gasteiger partial charge in [-0.15, -0.1) is 0 Å². The van der Waals surface area contributed by atoms with Crippen LogP contribution >= 0.6 is 0 Å². The minimum Gasteiger partial charge on any atom is -0.485 e. The zero-order chi connectivity index (χ0) is 31.1. The van der Waals surface area contributed by atoms with Gasteiger partial charge in [0.1, 0.15) is 11.6 Å². The largest absolute Gasteiger partial charge is 0.485 e. The van der Waals surface area contributed by atoms with E-state index >= 15 is 0 Å². The highest BCUT2D eigenvalue weighted by Crippen LogP contribution is 2.47. The molecule has 0 fully saturated rings. The van der Waals surface area contributed by atoms with Crippen LogP contribution < -0.4 is 20.1 Å². The molecule has 1 amide bonds. The summed E-state index contributed by atoms with van der Waals surface area (Å²) in [6.07, 6.45) is 2.06. The van der Waals surface area contributed by atoms with Crippen LogP contribution in [0.5, 0.6) is 11.8 Å². The number of benzene rings is 2. The molecule has 43 heavy (non-hydrogen) atoms. The minimum atomic E-state index is -0.778. The first-order valence-corrected chi connectivity index (χ1v) is 14.0. The van der Waals surface area contributed by atoms with E-state index in [1.807, 2.05) is 6.08 Å². The van der Waals surface area contributed by atoms with Crippen LogP contribution in [0, 0.1) is 18.6 Å². The van der Waals surface area contributed by atoms with Crippen molar-refractivity contribution < 1.29 is 32.5 Å². The van der Waals surface area contributed by atoms with E-state index in [1.165, 1.54) is 25.8 Å². The SMILES string of the molecule is COc1nc(NCc2c(F)cccc2F)nc(OC)c1NC(=O)C1CC=C(Cc2cc3c(cc2C)C(C)(C)OC3(C)C)O1. The number of rotatable bonds is 9. The van der Waals surface area contributed by atoms with E-state index < -0.39 is 29.2 Å². The fourth-order valence-corrected chi connectivity index (χ4v) is 5.64. The predicted molar refractivity (Wildman–Crippen MR) is 157 cm³/mol. The molecule has 1 aromatic heterocycles. The summed E-state index contributed by atoms with van der Waals surface area (Å²) in [4.78, 5) is 21.7. The number of hydrogen-bond donors (Lipinski definition) is 2. The van der Waals surface area contributed by atoms with Gasteiger partial charge in [0, 0.05) is 24.9 Å². The molecule has 0 bridgehead atoms. The number of anilines is 2. The van der Waals surface area contributed by atoms with E-state index in [4.69, 9.17) is 18.9 Å². The van der Waals surface area contributed by atoms with E-state index in [2.05, 4.69) is 67.4 Å². The maximum atomic E-state index is 14.0. The van der Waals surface area contributed by atoms with Gasteiger partial charge < -0.3 is 29.6 Å². The summed E-state index contributed by atoms with van der Waals surface area (Å²) in [6, 6.07) is 7.97. The molecule has 2 aliphatic rings. The van der Waals surface area contributed by atoms with Crippen LogP contribution in [0.1, 0.15) is 61.9 Å². The van der Waals surface area contributed by atoms with E-state index in [0.29, 0.717) is 18.6 Å². The third-order valence-electron chi connectivity index (χ3n) is 7.76. The Morgan fingerprint density at radius 2 is 1.63 bits per heavy atom. The predicted octanol–water partition coefficient (Wildman–Crippen LogP) is 6.05. The Hall–Kier alpha value is -4.25. The van der Waals surface area contributed by atoms with Crippen LogP contribution in [0.2, 0.25) is 0 Å². The van der Waals surface area contributed by atoms with Gasteiger partial charge in [-0.2, -0.15) is 9.97 Å². The van der Waals surface area contributed by atoms with Crippen molar-refractivity contribution in [2.45, 2.75) is 71.3 Å². The highest BCUT2D eigenvalue weighted by Gasteiger charge is 2.43. The number of nitrogens with one attached hydrogen (secondary N) is 2. The maximum absolute atomic E-state index is 14.0. The summed E-state index contributed by atoms with van der Waals surface area (Å²) in [5.74, 6) is -1.12. The number of aromatic nitrogens is 2. The molecule has 9 nitrogen and oxygen atoms in total. The third kappa shape index (κ3) is 5.99. The molecule has 228 valence electrons. The Kier molecular flexibility index (Phi) is 8.04. The maximum Gasteiger partial charge on any atom is 0.266 e. The monoisotopic (exact) mass is 594 g/mol. The van der Waals surface area contributed by atoms with Gasteiger partial charge in [-0.1, -0.05) is 18.2 Å². The molecule has 0 spiro atoms. The van der Waals surface area contributed by atoms with Crippen molar-refractivity contribution in [2.75, 3.05) is 24.9 Å². The second-order valence-electron chi connectivity index (χ2n) is 11.6. The quantitative estimate of drug-likeness (QED) is 0.309. The average Bonchev–Trinajstić information content (AvgIpc) is 3.48. The first-order chi connectivity index (χ1) is 20.3. The molecular formula is C32H36F2N4O5. The summed E-state index contributed by atoms with van der Waals surface area (Å²) < 4.78 is 51.2. The Labute approximate surface area is 249 Å². The van der Waals surface area contributed by atoms with Gasteiger partial charge in [0.2, 0.25) is 17.7 Å². The van der Waals surface area contributed by atoms with Gasteiger partial charge in [-0.25, -0.2) is 8.78 Å². The van der Waals surface area contributed by atoms with E-state index in [1.54, 1.807) is 0 Å². The Balaban J connectivity index is 1.27. The summed E-state index contributed by atoms with van der Waals surface area (Å²) in [5, 5.41) is 5.53. The molecule has 0 saturated carbocycles. The van der Waals surface area contributed by atoms with Crippen LogP contribution in [-0.4, -0.2) is 36.2 Å². The van der Waals surface area contributed by atoms with Crippen LogP contribution in [0.3, 0.4) is 0 Å². The Morgan fingerprint density at radius 3 is 2.23 bits per heavy atom. The van der Waals surface area contributed by atoms with Gasteiger partial charge in [0.25, 0.3) is 5.91 Å². The molecule has 2 N–H and O–H groups in total. The summed E-state index contributed by atoms with van der Waals surface area (Å²) in [5.41, 5.74) is 3.73. The standard InChI is InChI=1S/C32H36F2N4O5/c1-17-13-21-22(32(4,5)43-31(21,2)3)15-18(17)14-19-11-12-25(42-19)27(39)36-26-28(40-6)37-30(38-29(26)41-7)35-16-20-23(33)9-8-10-24(20)34/h8-11,13,15,25H,12,14,16H2,1-7H3,(H,36,39)(H,35,37,38). The second-order valence-corrected chi connectivity index (χ2v) is 11.6. The molecule has 11 heteroatoms. The van der Waals surface area contributed by atoms with Crippen LogP contribution in [0.15, 0.2) is 42.2 Å². The topological polar surface area (TPSA) is 104 Å². The lowest BCUT2D eigenvalue weighted by Gasteiger charge is -2.24. The van der Waals surface area contributed by atoms with Crippen LogP contribution in [0.25, 0.3) is 0 Å². The number of aryl methyl sites for hydroxylation is 1. The number of hydrogen-bond acceptors (Lipinski definition) is 8. The van der Waals surface area contributed by atoms with Gasteiger partial charge in [0.05, 0.1) is 31.2 Å². The zero-order valence-corrected chi connectivity index (χ0v) is 25.4. The molecule has 1 unspecified atom stereocenters. The summed E-state index contributed by atoms with van der Waals surface area (Å²) in [7, 11) is 2.74. The number of fused-ring (bicyclic) bond motifs is 1. The molecule has 3 heterocycles. The zero-order valence-electron chi connectivity index (χ0n) is 25.4. The Bertz CT molecular complexity index is 1560. The molecule has 0 radical (unpaired) electrons. The second kappa shape index (κ2) is 11.4. The smallest absolute Gasteiger partial charge is 0.266 e. The van der Waals surface area contributed by atoms with Crippen LogP contribution in [-0.2, 0) is 38.4 Å². The number of carbonyl (C=O) groups is 1. The van der Waals surface area contributed by atoms with Crippen molar-refractivity contribution >= 4 is 17.5 Å². The minimum absolute atomic E-state index is 0.00268. The highest BCUT2D eigenvalue weighted by molar-refractivity contribution is 5.97. The number of nitrogens with zero attached hydrogens (tertiary/aromatic N) is 2. The molecule has 0 saturated heterocycles. The molecular weight excluding hydrogens is 558 g/mol. The normalized spacial score (nSPS) is 18.0. The van der Waals surface area contributed by atoms with Gasteiger partial charge in [0.15, 0.2) is 11.8 Å². The number of carbonyl (C=O) groups excluding carboxylic acids is 1. The van der Waals surface area contributed by atoms with E-state index in [9.17, 15) is 13.6 Å². The molecule has 2 aromatic carbocycles. The number of methoxy groups -OCH3 is 2. The lowest BCUT2D eigenvalue weighted by molar-refractivity contribution is -0.124. The molecule has 1 atom stereocenters. The fourth-order valence-electron chi connectivity index (χ4n) is 5.64. The van der Waals surface area contributed by atoms with Crippen molar-refractivity contribution in [2.24, 2.45) is 0 Å². The van der Waals surface area contributed by atoms with Crippen molar-refractivity contribution in [1.29, 1.82) is 0 Å². The molecule has 3 aromatic rings. The van der Waals surface area contributed by atoms with Crippen molar-refractivity contribution in [3.63, 3.8) is 0 Å². The highest BCUT2D eigenvalue weighted by atomic mass is 19.1. The number of allylic oxidation sites excluding steroid dienone is 1. The number of halogens is 2. The van der Waals surface area contributed by atoms with E-state index in [-0.39, 0.29) is 41.1 Å². The lowest BCUT2D eigenvalue weighted by Crippen LogP contribution is -2.28. The number of ether oxygens (including phenoxy) is 4. The van der Waals surface area contributed by atoms with Crippen molar-refractivity contribution in [1.82, 2.24) is 9.97 Å². The lowest BCUT2D eigenvalue weighted by atomic mass is 9.86. The molecule has 5 rings (SSSR count). The van der Waals surface area contributed by atoms with Crippen molar-refractivity contribution in [3.8, 4) is 11.8 Å². The van der Waals surface area contributed by atoms with Gasteiger partial charge in [-0.3, -0.25) is 4.79 Å². The summed E-state index contributed by atoms with van der Waals surface area (Å²) in [6.45, 7) is 10.2. The first-order valence-electron chi connectivity index (χ1n) is 14.0. The van der Waals surface area contributed by atoms with Crippen molar-refractivity contribution in [3.05, 3.63) is 81.6 Å². The molecule has 2 aliphatic heterocycles. The average molecular weight is 595 g/mol. The van der Waals surface area contributed by atoms with E-state index in [0.717, 1.165) is 28.8 Å². The number of amides is 1. The fraction of sp³-hybridized carbons (Fsp3) is 0.406.